The number of rotatable bonds is 4. The topological polar surface area (TPSA) is 50.2 Å². The van der Waals surface area contributed by atoms with Crippen LogP contribution in [0.15, 0.2) is 36.5 Å². The molecule has 1 aliphatic heterocycles. The average Bonchev–Trinajstić information content (AvgIpc) is 2.98. The van der Waals surface area contributed by atoms with E-state index in [0.29, 0.717) is 6.42 Å². The third kappa shape index (κ3) is 3.15. The van der Waals surface area contributed by atoms with E-state index in [-0.39, 0.29) is 11.9 Å². The molecule has 1 amide bonds. The summed E-state index contributed by atoms with van der Waals surface area (Å²) in [6, 6.07) is 9.95. The van der Waals surface area contributed by atoms with E-state index in [1.807, 2.05) is 35.0 Å². The van der Waals surface area contributed by atoms with E-state index >= 15 is 0 Å². The molecular weight excluding hydrogens is 300 g/mol. The predicted octanol–water partition coefficient (Wildman–Crippen LogP) is 2.23. The summed E-state index contributed by atoms with van der Waals surface area (Å²) in [5.41, 5.74) is 2.24. The van der Waals surface area contributed by atoms with Crippen molar-refractivity contribution in [3.05, 3.63) is 52.8 Å². The summed E-state index contributed by atoms with van der Waals surface area (Å²) in [5.74, 6) is 0.0334. The first-order chi connectivity index (χ1) is 10.7. The van der Waals surface area contributed by atoms with Crippen LogP contribution in [0.3, 0.4) is 0 Å². The quantitative estimate of drug-likeness (QED) is 0.940. The van der Waals surface area contributed by atoms with Crippen LogP contribution in [0.4, 0.5) is 0 Å². The zero-order chi connectivity index (χ0) is 15.5. The summed E-state index contributed by atoms with van der Waals surface area (Å²) in [4.78, 5) is 14.1. The van der Waals surface area contributed by atoms with Gasteiger partial charge in [-0.1, -0.05) is 29.8 Å². The molecule has 0 unspecified atom stereocenters. The smallest absolute Gasteiger partial charge is 0.221 e. The second-order valence-corrected chi connectivity index (χ2v) is 5.97. The molecule has 5 nitrogen and oxygen atoms in total. The van der Waals surface area contributed by atoms with Gasteiger partial charge in [-0.3, -0.25) is 14.4 Å². The lowest BCUT2D eigenvalue weighted by atomic mass is 10.1. The van der Waals surface area contributed by atoms with E-state index in [1.54, 1.807) is 13.2 Å². The Morgan fingerprint density at radius 3 is 3.00 bits per heavy atom. The molecule has 1 aromatic heterocycles. The van der Waals surface area contributed by atoms with E-state index < -0.39 is 0 Å². The predicted molar refractivity (Wildman–Crippen MR) is 85.5 cm³/mol. The lowest BCUT2D eigenvalue weighted by Crippen LogP contribution is -2.39. The Morgan fingerprint density at radius 2 is 2.23 bits per heavy atom. The van der Waals surface area contributed by atoms with Gasteiger partial charge in [0.1, 0.15) is 0 Å². The van der Waals surface area contributed by atoms with Gasteiger partial charge in [-0.15, -0.1) is 0 Å². The molecule has 22 heavy (non-hydrogen) atoms. The molecule has 2 heterocycles. The maximum absolute atomic E-state index is 11.7. The third-order valence-corrected chi connectivity index (χ3v) is 4.37. The van der Waals surface area contributed by atoms with Crippen molar-refractivity contribution in [2.24, 2.45) is 0 Å². The van der Waals surface area contributed by atoms with Crippen molar-refractivity contribution >= 4 is 17.5 Å². The first-order valence-electron chi connectivity index (χ1n) is 7.36. The molecular formula is C16H19ClN4O. The van der Waals surface area contributed by atoms with Crippen LogP contribution in [0.1, 0.15) is 23.7 Å². The van der Waals surface area contributed by atoms with Crippen LogP contribution in [0.5, 0.6) is 0 Å². The van der Waals surface area contributed by atoms with Crippen molar-refractivity contribution < 1.29 is 4.79 Å². The Balaban J connectivity index is 1.78. The highest BCUT2D eigenvalue weighted by atomic mass is 35.5. The van der Waals surface area contributed by atoms with Gasteiger partial charge < -0.3 is 5.32 Å². The SMILES string of the molecule is CNC(=O)C[C@@H]1CN(Cc2ccccc2Cl)Cc2ccnn21. The van der Waals surface area contributed by atoms with E-state index in [0.717, 1.165) is 35.9 Å². The highest BCUT2D eigenvalue weighted by molar-refractivity contribution is 6.31. The number of carbonyl (C=O) groups excluding carboxylic acids is 1. The number of halogens is 1. The first kappa shape index (κ1) is 15.1. The lowest BCUT2D eigenvalue weighted by molar-refractivity contribution is -0.121. The molecule has 116 valence electrons. The largest absolute Gasteiger partial charge is 0.359 e. The number of nitrogens with zero attached hydrogens (tertiary/aromatic N) is 3. The summed E-state index contributed by atoms with van der Waals surface area (Å²) in [5, 5.41) is 7.84. The second kappa shape index (κ2) is 6.50. The maximum Gasteiger partial charge on any atom is 0.221 e. The molecule has 2 aromatic rings. The molecule has 0 saturated carbocycles. The van der Waals surface area contributed by atoms with Crippen LogP contribution in [0.2, 0.25) is 5.02 Å². The molecule has 1 aromatic carbocycles. The molecule has 0 aliphatic carbocycles. The van der Waals surface area contributed by atoms with Crippen LogP contribution >= 0.6 is 11.6 Å². The van der Waals surface area contributed by atoms with Gasteiger partial charge in [0.2, 0.25) is 5.91 Å². The van der Waals surface area contributed by atoms with E-state index in [4.69, 9.17) is 11.6 Å². The summed E-state index contributed by atoms with van der Waals surface area (Å²) >= 11 is 6.26. The molecule has 1 aliphatic rings. The van der Waals surface area contributed by atoms with Crippen molar-refractivity contribution in [1.82, 2.24) is 20.0 Å². The fourth-order valence-electron chi connectivity index (χ4n) is 2.92. The second-order valence-electron chi connectivity index (χ2n) is 5.56. The summed E-state index contributed by atoms with van der Waals surface area (Å²) in [6.07, 6.45) is 2.23. The Hall–Kier alpha value is -1.85. The van der Waals surface area contributed by atoms with Gasteiger partial charge in [-0.05, 0) is 17.7 Å². The Kier molecular flexibility index (Phi) is 4.45. The molecule has 0 saturated heterocycles. The highest BCUT2D eigenvalue weighted by Gasteiger charge is 2.27. The highest BCUT2D eigenvalue weighted by Crippen LogP contribution is 2.26. The van der Waals surface area contributed by atoms with Crippen molar-refractivity contribution in [2.45, 2.75) is 25.6 Å². The number of nitrogens with one attached hydrogen (secondary N) is 1. The van der Waals surface area contributed by atoms with Gasteiger partial charge in [-0.2, -0.15) is 5.10 Å². The number of fused-ring (bicyclic) bond motifs is 1. The number of aromatic nitrogens is 2. The van der Waals surface area contributed by atoms with Gasteiger partial charge in [0.05, 0.1) is 18.2 Å². The fourth-order valence-corrected chi connectivity index (χ4v) is 3.12. The van der Waals surface area contributed by atoms with Gasteiger partial charge in [0.15, 0.2) is 0 Å². The molecule has 6 heteroatoms. The molecule has 1 N–H and O–H groups in total. The monoisotopic (exact) mass is 318 g/mol. The van der Waals surface area contributed by atoms with Gasteiger partial charge in [-0.25, -0.2) is 0 Å². The third-order valence-electron chi connectivity index (χ3n) is 4.00. The van der Waals surface area contributed by atoms with E-state index in [1.165, 1.54) is 0 Å². The van der Waals surface area contributed by atoms with Crippen LogP contribution < -0.4 is 5.32 Å². The average molecular weight is 319 g/mol. The Morgan fingerprint density at radius 1 is 1.41 bits per heavy atom. The normalized spacial score (nSPS) is 18.0. The van der Waals surface area contributed by atoms with E-state index in [2.05, 4.69) is 15.3 Å². The first-order valence-corrected chi connectivity index (χ1v) is 7.74. The van der Waals surface area contributed by atoms with Gasteiger partial charge in [0, 0.05) is 37.9 Å². The van der Waals surface area contributed by atoms with Gasteiger partial charge >= 0.3 is 0 Å². The molecule has 0 spiro atoms. The van der Waals surface area contributed by atoms with Crippen LogP contribution in [-0.4, -0.2) is 34.2 Å². The van der Waals surface area contributed by atoms with Crippen LogP contribution in [0, 0.1) is 0 Å². The molecule has 1 atom stereocenters. The zero-order valence-corrected chi connectivity index (χ0v) is 13.3. The molecule has 0 fully saturated rings. The standard InChI is InChI=1S/C16H19ClN4O/c1-18-16(22)8-14-11-20(10-13-6-7-19-21(13)14)9-12-4-2-3-5-15(12)17/h2-7,14H,8-11H2,1H3,(H,18,22)/t14-/m1/s1. The van der Waals surface area contributed by atoms with Crippen LogP contribution in [0.25, 0.3) is 0 Å². The van der Waals surface area contributed by atoms with Gasteiger partial charge in [0.25, 0.3) is 0 Å². The van der Waals surface area contributed by atoms with E-state index in [9.17, 15) is 4.79 Å². The number of hydrogen-bond donors (Lipinski definition) is 1. The maximum atomic E-state index is 11.7. The minimum absolute atomic E-state index is 0.0334. The zero-order valence-electron chi connectivity index (χ0n) is 12.5. The summed E-state index contributed by atoms with van der Waals surface area (Å²) < 4.78 is 1.97. The number of carbonyl (C=O) groups is 1. The van der Waals surface area contributed by atoms with Crippen molar-refractivity contribution in [1.29, 1.82) is 0 Å². The number of hydrogen-bond acceptors (Lipinski definition) is 3. The van der Waals surface area contributed by atoms with Crippen LogP contribution in [-0.2, 0) is 17.9 Å². The summed E-state index contributed by atoms with van der Waals surface area (Å²) in [6.45, 7) is 2.37. The number of amides is 1. The van der Waals surface area contributed by atoms with Crippen molar-refractivity contribution in [3.8, 4) is 0 Å². The van der Waals surface area contributed by atoms with Crippen molar-refractivity contribution in [2.75, 3.05) is 13.6 Å². The van der Waals surface area contributed by atoms with Crippen molar-refractivity contribution in [3.63, 3.8) is 0 Å². The fraction of sp³-hybridized carbons (Fsp3) is 0.375. The number of benzene rings is 1. The molecule has 3 rings (SSSR count). The Bertz CT molecular complexity index is 670. The summed E-state index contributed by atoms with van der Waals surface area (Å²) in [7, 11) is 1.66. The minimum atomic E-state index is 0.0334. The molecule has 0 bridgehead atoms. The minimum Gasteiger partial charge on any atom is -0.359 e. The molecule has 0 radical (unpaired) electrons. The lowest BCUT2D eigenvalue weighted by Gasteiger charge is -2.33. The Labute approximate surface area is 134 Å².